The van der Waals surface area contributed by atoms with E-state index in [-0.39, 0.29) is 12.3 Å². The van der Waals surface area contributed by atoms with Gasteiger partial charge >= 0.3 is 6.18 Å². The number of ether oxygens (including phenoxy) is 3. The molecule has 11 heteroatoms. The standard InChI is InChI=1S/C31H31F3N4O4/c1-40-27-19-26-25(18-28(27)42-14-2-11-38-12-15-41-16-13-38)30(36-20-35-26)22-5-9-24(10-6-22)37-29(39)17-21-3-7-23(8-4-21)31(32,33)34/h3-10,18-20H,2,11-17H2,1H3,(H,37,39). The largest absolute Gasteiger partial charge is 0.493 e. The lowest BCUT2D eigenvalue weighted by Crippen LogP contribution is -2.37. The zero-order valence-corrected chi connectivity index (χ0v) is 23.1. The number of morpholine rings is 1. The van der Waals surface area contributed by atoms with Crippen LogP contribution in [0.3, 0.4) is 0 Å². The van der Waals surface area contributed by atoms with E-state index in [4.69, 9.17) is 14.2 Å². The molecule has 4 aromatic rings. The average Bonchev–Trinajstić information content (AvgIpc) is 2.99. The highest BCUT2D eigenvalue weighted by atomic mass is 19.4. The zero-order valence-electron chi connectivity index (χ0n) is 23.1. The van der Waals surface area contributed by atoms with Crippen LogP contribution in [0.4, 0.5) is 18.9 Å². The van der Waals surface area contributed by atoms with Crippen LogP contribution in [0, 0.1) is 0 Å². The fourth-order valence-corrected chi connectivity index (χ4v) is 4.78. The molecule has 3 aromatic carbocycles. The number of amides is 1. The van der Waals surface area contributed by atoms with E-state index in [1.807, 2.05) is 24.3 Å². The molecule has 0 saturated carbocycles. The van der Waals surface area contributed by atoms with E-state index < -0.39 is 11.7 Å². The highest BCUT2D eigenvalue weighted by molar-refractivity contribution is 5.95. The molecule has 220 valence electrons. The number of aromatic nitrogens is 2. The molecule has 1 aliphatic heterocycles. The fourth-order valence-electron chi connectivity index (χ4n) is 4.78. The minimum absolute atomic E-state index is 0.0481. The lowest BCUT2D eigenvalue weighted by molar-refractivity contribution is -0.137. The number of alkyl halides is 3. The van der Waals surface area contributed by atoms with Crippen LogP contribution in [0.15, 0.2) is 67.0 Å². The summed E-state index contributed by atoms with van der Waals surface area (Å²) in [6.07, 6.45) is -2.11. The van der Waals surface area contributed by atoms with Crippen molar-refractivity contribution in [3.63, 3.8) is 0 Å². The molecule has 1 aromatic heterocycles. The smallest absolute Gasteiger partial charge is 0.416 e. The second kappa shape index (κ2) is 13.2. The number of benzene rings is 3. The summed E-state index contributed by atoms with van der Waals surface area (Å²) >= 11 is 0. The Hall–Kier alpha value is -4.22. The number of nitrogens with one attached hydrogen (secondary N) is 1. The van der Waals surface area contributed by atoms with Crippen LogP contribution in [0.2, 0.25) is 0 Å². The van der Waals surface area contributed by atoms with Crippen LogP contribution in [-0.2, 0) is 22.1 Å². The summed E-state index contributed by atoms with van der Waals surface area (Å²) in [7, 11) is 1.59. The van der Waals surface area contributed by atoms with E-state index >= 15 is 0 Å². The Morgan fingerprint density at radius 1 is 1.00 bits per heavy atom. The Labute approximate surface area is 241 Å². The van der Waals surface area contributed by atoms with Gasteiger partial charge in [0.25, 0.3) is 0 Å². The number of nitrogens with zero attached hydrogens (tertiary/aromatic N) is 3. The Morgan fingerprint density at radius 2 is 1.74 bits per heavy atom. The quantitative estimate of drug-likeness (QED) is 0.244. The van der Waals surface area contributed by atoms with Gasteiger partial charge in [0.1, 0.15) is 6.33 Å². The third-order valence-corrected chi connectivity index (χ3v) is 6.99. The summed E-state index contributed by atoms with van der Waals surface area (Å²) in [6, 6.07) is 15.4. The number of rotatable bonds is 10. The molecular weight excluding hydrogens is 549 g/mol. The monoisotopic (exact) mass is 580 g/mol. The predicted molar refractivity (Wildman–Crippen MR) is 153 cm³/mol. The van der Waals surface area contributed by atoms with Crippen molar-refractivity contribution in [2.24, 2.45) is 0 Å². The van der Waals surface area contributed by atoms with Gasteiger partial charge in [-0.25, -0.2) is 9.97 Å². The number of halogens is 3. The van der Waals surface area contributed by atoms with E-state index in [9.17, 15) is 18.0 Å². The number of carbonyl (C=O) groups excluding carboxylic acids is 1. The molecule has 1 saturated heterocycles. The van der Waals surface area contributed by atoms with E-state index in [0.29, 0.717) is 40.6 Å². The molecule has 0 radical (unpaired) electrons. The van der Waals surface area contributed by atoms with E-state index in [1.54, 1.807) is 19.2 Å². The van der Waals surface area contributed by atoms with E-state index in [1.165, 1.54) is 18.5 Å². The third-order valence-electron chi connectivity index (χ3n) is 6.99. The van der Waals surface area contributed by atoms with E-state index in [0.717, 1.165) is 62.4 Å². The number of methoxy groups -OCH3 is 1. The third kappa shape index (κ3) is 7.34. The summed E-state index contributed by atoms with van der Waals surface area (Å²) in [4.78, 5) is 23.8. The summed E-state index contributed by atoms with van der Waals surface area (Å²) in [5.41, 5.74) is 2.50. The van der Waals surface area contributed by atoms with Crippen molar-refractivity contribution < 1.29 is 32.2 Å². The molecule has 42 heavy (non-hydrogen) atoms. The maximum absolute atomic E-state index is 12.8. The SMILES string of the molecule is COc1cc2ncnc(-c3ccc(NC(=O)Cc4ccc(C(F)(F)F)cc4)cc3)c2cc1OCCCN1CCOCC1. The van der Waals surface area contributed by atoms with Gasteiger partial charge in [-0.1, -0.05) is 24.3 Å². The first-order valence-corrected chi connectivity index (χ1v) is 13.6. The van der Waals surface area contributed by atoms with Gasteiger partial charge in [-0.15, -0.1) is 0 Å². The van der Waals surface area contributed by atoms with Gasteiger partial charge in [0.2, 0.25) is 5.91 Å². The predicted octanol–water partition coefficient (Wildman–Crippen LogP) is 5.61. The maximum Gasteiger partial charge on any atom is 0.416 e. The van der Waals surface area contributed by atoms with Crippen molar-refractivity contribution in [2.45, 2.75) is 19.0 Å². The van der Waals surface area contributed by atoms with Crippen molar-refractivity contribution >= 4 is 22.5 Å². The topological polar surface area (TPSA) is 85.8 Å². The van der Waals surface area contributed by atoms with Crippen LogP contribution >= 0.6 is 0 Å². The first-order chi connectivity index (χ1) is 20.3. The van der Waals surface area contributed by atoms with Crippen LogP contribution in [0.5, 0.6) is 11.5 Å². The molecule has 0 bridgehead atoms. The van der Waals surface area contributed by atoms with Crippen molar-refractivity contribution in [2.75, 3.05) is 51.9 Å². The van der Waals surface area contributed by atoms with Gasteiger partial charge in [0, 0.05) is 42.3 Å². The normalized spacial score (nSPS) is 14.1. The highest BCUT2D eigenvalue weighted by Gasteiger charge is 2.30. The Morgan fingerprint density at radius 3 is 2.43 bits per heavy atom. The average molecular weight is 581 g/mol. The molecule has 1 aliphatic rings. The lowest BCUT2D eigenvalue weighted by atomic mass is 10.1. The molecule has 1 N–H and O–H groups in total. The van der Waals surface area contributed by atoms with E-state index in [2.05, 4.69) is 20.2 Å². The van der Waals surface area contributed by atoms with Gasteiger partial charge in [-0.3, -0.25) is 9.69 Å². The van der Waals surface area contributed by atoms with Crippen molar-refractivity contribution in [1.29, 1.82) is 0 Å². The second-order valence-electron chi connectivity index (χ2n) is 9.90. The van der Waals surface area contributed by atoms with Gasteiger partial charge < -0.3 is 19.5 Å². The van der Waals surface area contributed by atoms with Crippen LogP contribution in [-0.4, -0.2) is 67.3 Å². The number of hydrogen-bond donors (Lipinski definition) is 1. The molecule has 1 fully saturated rings. The fraction of sp³-hybridized carbons (Fsp3) is 0.323. The first-order valence-electron chi connectivity index (χ1n) is 13.6. The van der Waals surface area contributed by atoms with Gasteiger partial charge in [-0.05, 0) is 42.3 Å². The molecule has 0 spiro atoms. The molecule has 8 nitrogen and oxygen atoms in total. The minimum Gasteiger partial charge on any atom is -0.493 e. The van der Waals surface area contributed by atoms with Crippen LogP contribution < -0.4 is 14.8 Å². The van der Waals surface area contributed by atoms with Gasteiger partial charge in [0.05, 0.1) is 50.1 Å². The number of carbonyl (C=O) groups is 1. The lowest BCUT2D eigenvalue weighted by Gasteiger charge is -2.26. The molecule has 2 heterocycles. The summed E-state index contributed by atoms with van der Waals surface area (Å²) < 4.78 is 55.4. The first kappa shape index (κ1) is 29.3. The number of anilines is 1. The van der Waals surface area contributed by atoms with Gasteiger partial charge in [-0.2, -0.15) is 13.2 Å². The molecular formula is C31H31F3N4O4. The molecule has 0 atom stereocenters. The van der Waals surface area contributed by atoms with Crippen molar-refractivity contribution in [3.8, 4) is 22.8 Å². The Balaban J connectivity index is 1.25. The van der Waals surface area contributed by atoms with Crippen LogP contribution in [0.25, 0.3) is 22.2 Å². The zero-order chi connectivity index (χ0) is 29.5. The van der Waals surface area contributed by atoms with Gasteiger partial charge in [0.15, 0.2) is 11.5 Å². The number of hydrogen-bond acceptors (Lipinski definition) is 7. The Bertz CT molecular complexity index is 1510. The minimum atomic E-state index is -4.42. The summed E-state index contributed by atoms with van der Waals surface area (Å²) in [6.45, 7) is 4.85. The number of fused-ring (bicyclic) bond motifs is 1. The molecule has 0 unspecified atom stereocenters. The van der Waals surface area contributed by atoms with Crippen molar-refractivity contribution in [1.82, 2.24) is 14.9 Å². The van der Waals surface area contributed by atoms with Crippen LogP contribution in [0.1, 0.15) is 17.5 Å². The summed E-state index contributed by atoms with van der Waals surface area (Å²) in [5, 5.41) is 3.58. The molecule has 0 aliphatic carbocycles. The molecule has 5 rings (SSSR count). The Kier molecular flexibility index (Phi) is 9.19. The second-order valence-corrected chi connectivity index (χ2v) is 9.90. The summed E-state index contributed by atoms with van der Waals surface area (Å²) in [5.74, 6) is 0.859. The highest BCUT2D eigenvalue weighted by Crippen LogP contribution is 2.36. The maximum atomic E-state index is 12.8. The molecule has 1 amide bonds. The van der Waals surface area contributed by atoms with Crippen molar-refractivity contribution in [3.05, 3.63) is 78.1 Å².